The summed E-state index contributed by atoms with van der Waals surface area (Å²) in [6, 6.07) is 8.10. The number of nitrogens with zero attached hydrogens (tertiary/aromatic N) is 1. The Balaban J connectivity index is 2.11. The molecule has 2 atom stereocenters. The molecule has 112 valence electrons. The zero-order valence-corrected chi connectivity index (χ0v) is 13.6. The first kappa shape index (κ1) is 15.5. The van der Waals surface area contributed by atoms with Gasteiger partial charge in [-0.15, -0.1) is 0 Å². The number of likely N-dealkylation sites (N-methyl/N-ethyl adjacent to an activating group) is 1. The fourth-order valence-corrected chi connectivity index (χ4v) is 3.18. The van der Waals surface area contributed by atoms with Crippen LogP contribution in [-0.4, -0.2) is 30.6 Å². The summed E-state index contributed by atoms with van der Waals surface area (Å²) in [6.07, 6.45) is 4.11. The fraction of sp³-hybridized carbons (Fsp3) is 0.667. The van der Waals surface area contributed by atoms with Crippen molar-refractivity contribution in [3.63, 3.8) is 0 Å². The average Bonchev–Trinajstić information content (AvgIpc) is 2.44. The summed E-state index contributed by atoms with van der Waals surface area (Å²) in [5, 5.41) is 3.67. The Bertz CT molecular complexity index is 427. The molecule has 0 amide bonds. The van der Waals surface area contributed by atoms with E-state index in [1.165, 1.54) is 42.5 Å². The first-order valence-corrected chi connectivity index (χ1v) is 8.16. The zero-order chi connectivity index (χ0) is 14.5. The maximum Gasteiger partial charge on any atom is 0.0449 e. The number of hydrogen-bond donors (Lipinski definition) is 1. The summed E-state index contributed by atoms with van der Waals surface area (Å²) >= 11 is 0. The topological polar surface area (TPSA) is 15.3 Å². The molecule has 2 heteroatoms. The molecule has 1 aromatic rings. The lowest BCUT2D eigenvalue weighted by Gasteiger charge is -2.36. The fourth-order valence-electron chi connectivity index (χ4n) is 3.18. The molecule has 1 aliphatic heterocycles. The second-order valence-electron chi connectivity index (χ2n) is 6.29. The first-order chi connectivity index (χ1) is 9.61. The standard InChI is InChI=1S/C18H30N2/c1-5-19-18(13-20-11-7-6-8-16(20)4)17-10-9-14(2)15(3)12-17/h9-10,12,16,18-19H,5-8,11,13H2,1-4H3. The Kier molecular flexibility index (Phi) is 5.62. The molecule has 1 heterocycles. The van der Waals surface area contributed by atoms with E-state index in [1.54, 1.807) is 0 Å². The van der Waals surface area contributed by atoms with E-state index in [9.17, 15) is 0 Å². The lowest BCUT2D eigenvalue weighted by Crippen LogP contribution is -2.43. The normalized spacial score (nSPS) is 21.9. The number of benzene rings is 1. The van der Waals surface area contributed by atoms with Crippen molar-refractivity contribution < 1.29 is 0 Å². The minimum absolute atomic E-state index is 0.458. The zero-order valence-electron chi connectivity index (χ0n) is 13.6. The van der Waals surface area contributed by atoms with E-state index in [0.717, 1.165) is 19.1 Å². The Morgan fingerprint density at radius 3 is 2.70 bits per heavy atom. The third kappa shape index (κ3) is 3.83. The van der Waals surface area contributed by atoms with Crippen molar-refractivity contribution in [1.29, 1.82) is 0 Å². The van der Waals surface area contributed by atoms with Gasteiger partial charge in [-0.1, -0.05) is 31.5 Å². The highest BCUT2D eigenvalue weighted by Crippen LogP contribution is 2.22. The van der Waals surface area contributed by atoms with Crippen LogP contribution < -0.4 is 5.32 Å². The van der Waals surface area contributed by atoms with Gasteiger partial charge in [0.05, 0.1) is 0 Å². The van der Waals surface area contributed by atoms with Crippen LogP contribution in [0.2, 0.25) is 0 Å². The molecule has 1 fully saturated rings. The summed E-state index contributed by atoms with van der Waals surface area (Å²) in [6.45, 7) is 12.4. The molecule has 1 saturated heterocycles. The molecule has 0 saturated carbocycles. The van der Waals surface area contributed by atoms with Crippen LogP contribution in [0.1, 0.15) is 55.8 Å². The predicted octanol–water partition coefficient (Wildman–Crippen LogP) is 3.83. The van der Waals surface area contributed by atoms with Crippen molar-refractivity contribution in [2.75, 3.05) is 19.6 Å². The van der Waals surface area contributed by atoms with E-state index in [4.69, 9.17) is 0 Å². The van der Waals surface area contributed by atoms with E-state index in [0.29, 0.717) is 6.04 Å². The molecule has 0 aromatic heterocycles. The van der Waals surface area contributed by atoms with Crippen LogP contribution in [0, 0.1) is 13.8 Å². The minimum atomic E-state index is 0.458. The molecule has 2 unspecified atom stereocenters. The molecule has 2 rings (SSSR count). The Hall–Kier alpha value is -0.860. The molecular formula is C18H30N2. The van der Waals surface area contributed by atoms with E-state index in [1.807, 2.05) is 0 Å². The van der Waals surface area contributed by atoms with Gasteiger partial charge in [-0.25, -0.2) is 0 Å². The van der Waals surface area contributed by atoms with Crippen LogP contribution in [-0.2, 0) is 0 Å². The third-order valence-electron chi connectivity index (χ3n) is 4.74. The molecule has 1 N–H and O–H groups in total. The molecule has 1 aliphatic rings. The highest BCUT2D eigenvalue weighted by atomic mass is 15.2. The summed E-state index contributed by atoms with van der Waals surface area (Å²) < 4.78 is 0. The van der Waals surface area contributed by atoms with E-state index >= 15 is 0 Å². The molecule has 1 aromatic carbocycles. The minimum Gasteiger partial charge on any atom is -0.309 e. The van der Waals surface area contributed by atoms with E-state index in [-0.39, 0.29) is 0 Å². The van der Waals surface area contributed by atoms with E-state index in [2.05, 4.69) is 56.1 Å². The van der Waals surface area contributed by atoms with Crippen molar-refractivity contribution in [2.24, 2.45) is 0 Å². The predicted molar refractivity (Wildman–Crippen MR) is 87.2 cm³/mol. The second-order valence-corrected chi connectivity index (χ2v) is 6.29. The average molecular weight is 274 g/mol. The maximum absolute atomic E-state index is 3.67. The summed E-state index contributed by atoms with van der Waals surface area (Å²) in [5.74, 6) is 0. The van der Waals surface area contributed by atoms with Crippen LogP contribution in [0.4, 0.5) is 0 Å². The second kappa shape index (κ2) is 7.24. The van der Waals surface area contributed by atoms with Crippen LogP contribution in [0.25, 0.3) is 0 Å². The Morgan fingerprint density at radius 1 is 1.25 bits per heavy atom. The Labute approximate surface area is 124 Å². The summed E-state index contributed by atoms with van der Waals surface area (Å²) in [7, 11) is 0. The quantitative estimate of drug-likeness (QED) is 0.878. The van der Waals surface area contributed by atoms with Gasteiger partial charge in [0.2, 0.25) is 0 Å². The van der Waals surface area contributed by atoms with Gasteiger partial charge in [0.1, 0.15) is 0 Å². The number of likely N-dealkylation sites (tertiary alicyclic amines) is 1. The van der Waals surface area contributed by atoms with Crippen molar-refractivity contribution in [3.05, 3.63) is 34.9 Å². The van der Waals surface area contributed by atoms with Crippen molar-refractivity contribution >= 4 is 0 Å². The largest absolute Gasteiger partial charge is 0.309 e. The molecule has 2 nitrogen and oxygen atoms in total. The number of rotatable bonds is 5. The SMILES string of the molecule is CCNC(CN1CCCCC1C)c1ccc(C)c(C)c1. The van der Waals surface area contributed by atoms with Gasteiger partial charge in [0.15, 0.2) is 0 Å². The first-order valence-electron chi connectivity index (χ1n) is 8.16. The molecule has 0 bridgehead atoms. The van der Waals surface area contributed by atoms with Crippen LogP contribution >= 0.6 is 0 Å². The lowest BCUT2D eigenvalue weighted by molar-refractivity contribution is 0.144. The van der Waals surface area contributed by atoms with Crippen molar-refractivity contribution in [2.45, 2.75) is 59.0 Å². The monoisotopic (exact) mass is 274 g/mol. The number of aryl methyl sites for hydroxylation is 2. The number of hydrogen-bond acceptors (Lipinski definition) is 2. The summed E-state index contributed by atoms with van der Waals surface area (Å²) in [5.41, 5.74) is 4.22. The maximum atomic E-state index is 3.67. The van der Waals surface area contributed by atoms with Crippen molar-refractivity contribution in [3.8, 4) is 0 Å². The smallest absolute Gasteiger partial charge is 0.0449 e. The highest BCUT2D eigenvalue weighted by molar-refractivity contribution is 5.32. The van der Waals surface area contributed by atoms with Crippen LogP contribution in [0.5, 0.6) is 0 Å². The number of nitrogens with one attached hydrogen (secondary N) is 1. The van der Waals surface area contributed by atoms with Gasteiger partial charge in [-0.2, -0.15) is 0 Å². The molecule has 20 heavy (non-hydrogen) atoms. The molecule has 0 radical (unpaired) electrons. The lowest BCUT2D eigenvalue weighted by atomic mass is 9.98. The van der Waals surface area contributed by atoms with Gasteiger partial charge in [-0.05, 0) is 63.4 Å². The van der Waals surface area contributed by atoms with Gasteiger partial charge in [0, 0.05) is 18.6 Å². The van der Waals surface area contributed by atoms with Gasteiger partial charge >= 0.3 is 0 Å². The molecule has 0 spiro atoms. The van der Waals surface area contributed by atoms with Crippen LogP contribution in [0.3, 0.4) is 0 Å². The van der Waals surface area contributed by atoms with Gasteiger partial charge in [-0.3, -0.25) is 4.90 Å². The van der Waals surface area contributed by atoms with Crippen LogP contribution in [0.15, 0.2) is 18.2 Å². The Morgan fingerprint density at radius 2 is 2.05 bits per heavy atom. The van der Waals surface area contributed by atoms with Gasteiger partial charge in [0.25, 0.3) is 0 Å². The third-order valence-corrected chi connectivity index (χ3v) is 4.74. The van der Waals surface area contributed by atoms with E-state index < -0.39 is 0 Å². The van der Waals surface area contributed by atoms with Gasteiger partial charge < -0.3 is 5.32 Å². The molecular weight excluding hydrogens is 244 g/mol. The summed E-state index contributed by atoms with van der Waals surface area (Å²) in [4.78, 5) is 2.66. The highest BCUT2D eigenvalue weighted by Gasteiger charge is 2.22. The number of piperidine rings is 1. The molecule has 0 aliphatic carbocycles. The van der Waals surface area contributed by atoms with Crippen molar-refractivity contribution in [1.82, 2.24) is 10.2 Å².